The number of anilines is 1. The van der Waals surface area contributed by atoms with E-state index >= 15 is 0 Å². The summed E-state index contributed by atoms with van der Waals surface area (Å²) in [6.07, 6.45) is 0. The van der Waals surface area contributed by atoms with Crippen LogP contribution in [0.5, 0.6) is 0 Å². The van der Waals surface area contributed by atoms with E-state index in [1.807, 2.05) is 6.92 Å². The number of benzene rings is 2. The summed E-state index contributed by atoms with van der Waals surface area (Å²) in [5.74, 6) is -0.430. The lowest BCUT2D eigenvalue weighted by Crippen LogP contribution is -2.14. The highest BCUT2D eigenvalue weighted by Gasteiger charge is 2.21. The molecule has 0 amide bonds. The zero-order valence-corrected chi connectivity index (χ0v) is 15.0. The van der Waals surface area contributed by atoms with Gasteiger partial charge in [-0.1, -0.05) is 28.9 Å². The molecule has 130 valence electrons. The molecule has 8 heteroatoms. The number of halogens is 2. The molecule has 0 aliphatic heterocycles. The predicted molar refractivity (Wildman–Crippen MR) is 93.6 cm³/mol. The zero-order valence-electron chi connectivity index (χ0n) is 13.4. The molecule has 0 radical (unpaired) electrons. The summed E-state index contributed by atoms with van der Waals surface area (Å²) in [6, 6.07) is 10.6. The van der Waals surface area contributed by atoms with Gasteiger partial charge in [0.15, 0.2) is 5.82 Å². The zero-order chi connectivity index (χ0) is 18.2. The van der Waals surface area contributed by atoms with Crippen LogP contribution in [-0.4, -0.2) is 13.6 Å². The highest BCUT2D eigenvalue weighted by atomic mass is 35.5. The van der Waals surface area contributed by atoms with Gasteiger partial charge in [-0.2, -0.15) is 0 Å². The quantitative estimate of drug-likeness (QED) is 0.720. The molecule has 0 saturated heterocycles. The van der Waals surface area contributed by atoms with Crippen molar-refractivity contribution in [3.05, 3.63) is 64.6 Å². The Morgan fingerprint density at radius 1 is 1.12 bits per heavy atom. The van der Waals surface area contributed by atoms with E-state index in [-0.39, 0.29) is 5.82 Å². The highest BCUT2D eigenvalue weighted by molar-refractivity contribution is 7.92. The number of hydrogen-bond acceptors (Lipinski definition) is 4. The van der Waals surface area contributed by atoms with E-state index in [4.69, 9.17) is 16.1 Å². The van der Waals surface area contributed by atoms with Gasteiger partial charge in [-0.25, -0.2) is 12.8 Å². The number of nitrogens with one attached hydrogen (secondary N) is 1. The molecule has 1 heterocycles. The van der Waals surface area contributed by atoms with E-state index in [1.165, 1.54) is 18.2 Å². The van der Waals surface area contributed by atoms with Gasteiger partial charge in [-0.05, 0) is 54.8 Å². The maximum Gasteiger partial charge on any atom is 0.266 e. The van der Waals surface area contributed by atoms with Gasteiger partial charge < -0.3 is 4.52 Å². The van der Waals surface area contributed by atoms with Gasteiger partial charge >= 0.3 is 0 Å². The SMILES string of the molecule is Cc1cc(NS(=O)(=O)c2ccc(-c3ccc(Cl)cc3C)cc2F)no1. The summed E-state index contributed by atoms with van der Waals surface area (Å²) < 4.78 is 46.1. The van der Waals surface area contributed by atoms with Crippen LogP contribution in [0.1, 0.15) is 11.3 Å². The van der Waals surface area contributed by atoms with Crippen molar-refractivity contribution in [1.29, 1.82) is 0 Å². The molecule has 3 aromatic rings. The third kappa shape index (κ3) is 3.67. The van der Waals surface area contributed by atoms with Crippen molar-refractivity contribution in [2.45, 2.75) is 18.7 Å². The smallest absolute Gasteiger partial charge is 0.266 e. The second-order valence-corrected chi connectivity index (χ2v) is 7.62. The van der Waals surface area contributed by atoms with Gasteiger partial charge in [-0.3, -0.25) is 4.72 Å². The van der Waals surface area contributed by atoms with Gasteiger partial charge in [0, 0.05) is 11.1 Å². The molecule has 0 bridgehead atoms. The summed E-state index contributed by atoms with van der Waals surface area (Å²) >= 11 is 5.92. The van der Waals surface area contributed by atoms with Crippen LogP contribution in [0.15, 0.2) is 51.9 Å². The van der Waals surface area contributed by atoms with E-state index in [0.29, 0.717) is 16.3 Å². The van der Waals surface area contributed by atoms with Crippen molar-refractivity contribution in [2.75, 3.05) is 4.72 Å². The summed E-state index contributed by atoms with van der Waals surface area (Å²) in [7, 11) is -4.12. The van der Waals surface area contributed by atoms with Gasteiger partial charge in [0.2, 0.25) is 0 Å². The molecular formula is C17H14ClFN2O3S. The van der Waals surface area contributed by atoms with Gasteiger partial charge in [0.25, 0.3) is 10.0 Å². The molecular weight excluding hydrogens is 367 g/mol. The van der Waals surface area contributed by atoms with E-state index in [1.54, 1.807) is 31.2 Å². The molecule has 0 spiro atoms. The fourth-order valence-corrected chi connectivity index (χ4v) is 3.72. The van der Waals surface area contributed by atoms with Crippen LogP contribution in [0.25, 0.3) is 11.1 Å². The van der Waals surface area contributed by atoms with Crippen molar-refractivity contribution in [3.63, 3.8) is 0 Å². The first-order chi connectivity index (χ1) is 11.8. The lowest BCUT2D eigenvalue weighted by molar-refractivity contribution is 0.400. The second kappa shape index (κ2) is 6.50. The lowest BCUT2D eigenvalue weighted by Gasteiger charge is -2.10. The van der Waals surface area contributed by atoms with E-state index in [0.717, 1.165) is 11.1 Å². The number of aromatic nitrogens is 1. The molecule has 0 saturated carbocycles. The van der Waals surface area contributed by atoms with Gasteiger partial charge in [0.1, 0.15) is 16.5 Å². The monoisotopic (exact) mass is 380 g/mol. The first kappa shape index (κ1) is 17.4. The number of nitrogens with zero attached hydrogens (tertiary/aromatic N) is 1. The Kier molecular flexibility index (Phi) is 4.53. The molecule has 0 fully saturated rings. The molecule has 1 N–H and O–H groups in total. The normalized spacial score (nSPS) is 11.5. The fourth-order valence-electron chi connectivity index (χ4n) is 2.44. The molecule has 0 unspecified atom stereocenters. The van der Waals surface area contributed by atoms with Crippen molar-refractivity contribution in [2.24, 2.45) is 0 Å². The molecule has 3 rings (SSSR count). The Labute approximate surface area is 149 Å². The van der Waals surface area contributed by atoms with E-state index in [2.05, 4.69) is 9.88 Å². The van der Waals surface area contributed by atoms with Crippen LogP contribution < -0.4 is 4.72 Å². The Hall–Kier alpha value is -2.38. The summed E-state index contributed by atoms with van der Waals surface area (Å²) in [4.78, 5) is -0.469. The van der Waals surface area contributed by atoms with Crippen molar-refractivity contribution < 1.29 is 17.3 Å². The number of hydrogen-bond donors (Lipinski definition) is 1. The molecule has 0 atom stereocenters. The van der Waals surface area contributed by atoms with Crippen LogP contribution in [0.2, 0.25) is 5.02 Å². The van der Waals surface area contributed by atoms with Crippen molar-refractivity contribution in [1.82, 2.24) is 5.16 Å². The highest BCUT2D eigenvalue weighted by Crippen LogP contribution is 2.29. The van der Waals surface area contributed by atoms with E-state index < -0.39 is 20.7 Å². The molecule has 1 aromatic heterocycles. The minimum absolute atomic E-state index is 0.00507. The third-order valence-electron chi connectivity index (χ3n) is 3.59. The second-order valence-electron chi connectivity index (χ2n) is 5.53. The largest absolute Gasteiger partial charge is 0.360 e. The third-order valence-corrected chi connectivity index (χ3v) is 5.21. The minimum atomic E-state index is -4.12. The molecule has 0 aliphatic rings. The first-order valence-electron chi connectivity index (χ1n) is 7.28. The Morgan fingerprint density at radius 2 is 1.88 bits per heavy atom. The number of rotatable bonds is 4. The van der Waals surface area contributed by atoms with Crippen LogP contribution in [0, 0.1) is 19.7 Å². The summed E-state index contributed by atoms with van der Waals surface area (Å²) in [6.45, 7) is 3.47. The molecule has 0 aliphatic carbocycles. The summed E-state index contributed by atoms with van der Waals surface area (Å²) in [5.41, 5.74) is 2.19. The topological polar surface area (TPSA) is 72.2 Å². The lowest BCUT2D eigenvalue weighted by atomic mass is 10.0. The van der Waals surface area contributed by atoms with Crippen LogP contribution in [0.4, 0.5) is 10.2 Å². The standard InChI is InChI=1S/C17H14ClFN2O3S/c1-10-7-13(18)4-5-14(10)12-3-6-16(15(19)9-12)25(22,23)21-17-8-11(2)24-20-17/h3-9H,1-2H3,(H,20,21). The predicted octanol–water partition coefficient (Wildman–Crippen LogP) is 4.55. The Balaban J connectivity index is 1.96. The minimum Gasteiger partial charge on any atom is -0.360 e. The summed E-state index contributed by atoms with van der Waals surface area (Å²) in [5, 5.41) is 4.12. The van der Waals surface area contributed by atoms with Crippen LogP contribution in [-0.2, 0) is 10.0 Å². The van der Waals surface area contributed by atoms with Crippen LogP contribution >= 0.6 is 11.6 Å². The first-order valence-corrected chi connectivity index (χ1v) is 9.14. The Morgan fingerprint density at radius 3 is 2.48 bits per heavy atom. The molecule has 25 heavy (non-hydrogen) atoms. The van der Waals surface area contributed by atoms with Crippen LogP contribution in [0.3, 0.4) is 0 Å². The maximum atomic E-state index is 14.5. The van der Waals surface area contributed by atoms with E-state index in [9.17, 15) is 12.8 Å². The molecule has 2 aromatic carbocycles. The van der Waals surface area contributed by atoms with Crippen molar-refractivity contribution in [3.8, 4) is 11.1 Å². The molecule has 5 nitrogen and oxygen atoms in total. The average molecular weight is 381 g/mol. The number of aryl methyl sites for hydroxylation is 2. The van der Waals surface area contributed by atoms with Gasteiger partial charge in [0.05, 0.1) is 0 Å². The van der Waals surface area contributed by atoms with Gasteiger partial charge in [-0.15, -0.1) is 0 Å². The fraction of sp³-hybridized carbons (Fsp3) is 0.118. The van der Waals surface area contributed by atoms with Crippen molar-refractivity contribution >= 4 is 27.4 Å². The Bertz CT molecular complexity index is 1050. The maximum absolute atomic E-state index is 14.5. The average Bonchev–Trinajstić information content (AvgIpc) is 2.91. The number of sulfonamides is 1.